The van der Waals surface area contributed by atoms with Gasteiger partial charge in [0, 0.05) is 129 Å². The Bertz CT molecular complexity index is 4830. The zero-order valence-corrected chi connectivity index (χ0v) is 75.1. The number of nitrogens with two attached hydrogens (primary N) is 1. The molecule has 7 saturated heterocycles. The van der Waals surface area contributed by atoms with E-state index in [1.807, 2.05) is 52.5 Å². The van der Waals surface area contributed by atoms with Crippen LogP contribution in [0.4, 0.5) is 31.8 Å². The third-order valence-corrected chi connectivity index (χ3v) is 27.8. The summed E-state index contributed by atoms with van der Waals surface area (Å²) in [6, 6.07) is 5.39. The Morgan fingerprint density at radius 1 is 0.463 bits per heavy atom. The van der Waals surface area contributed by atoms with Crippen LogP contribution >= 0.6 is 15.9 Å². The van der Waals surface area contributed by atoms with Crippen molar-refractivity contribution >= 4 is 115 Å². The van der Waals surface area contributed by atoms with E-state index in [0.29, 0.717) is 124 Å². The van der Waals surface area contributed by atoms with Crippen molar-refractivity contribution in [2.75, 3.05) is 151 Å². The zero-order valence-electron chi connectivity index (χ0n) is 71.1. The van der Waals surface area contributed by atoms with Crippen molar-refractivity contribution in [2.24, 2.45) is 5.14 Å². The molecular weight excluding hydrogens is 1700 g/mol. The van der Waals surface area contributed by atoms with Crippen molar-refractivity contribution < 1.29 is 91.7 Å². The third-order valence-electron chi connectivity index (χ3n) is 22.4. The van der Waals surface area contributed by atoms with E-state index in [-0.39, 0.29) is 64.6 Å². The molecule has 6 aromatic rings. The van der Waals surface area contributed by atoms with Crippen molar-refractivity contribution in [1.29, 1.82) is 0 Å². The van der Waals surface area contributed by atoms with Gasteiger partial charge in [0.25, 0.3) is 30.6 Å². The molecule has 0 bridgehead atoms. The summed E-state index contributed by atoms with van der Waals surface area (Å²) in [4.78, 5) is 70.6. The smallest absolute Gasteiger partial charge is 0.420 e. The number of alkyl halides is 1. The number of carbonyl (C=O) groups is 3. The van der Waals surface area contributed by atoms with Gasteiger partial charge in [0.2, 0.25) is 0 Å². The summed E-state index contributed by atoms with van der Waals surface area (Å²) in [6.07, 6.45) is 23.7. The van der Waals surface area contributed by atoms with E-state index in [0.717, 1.165) is 127 Å². The molecule has 4 atom stereocenters. The Hall–Kier alpha value is -6.56. The second kappa shape index (κ2) is 39.1. The minimum absolute atomic E-state index is 0.0753. The topological polar surface area (TPSA) is 408 Å². The molecule has 10 aliphatic rings. The van der Waals surface area contributed by atoms with E-state index in [1.54, 1.807) is 60.1 Å². The number of hydrogen-bond acceptors (Lipinski definition) is 29. The quantitative estimate of drug-likeness (QED) is 0.0344. The first-order chi connectivity index (χ1) is 57.6. The minimum atomic E-state index is -3.85. The van der Waals surface area contributed by atoms with E-state index in [1.165, 1.54) is 54.1 Å². The maximum absolute atomic E-state index is 14.3. The molecule has 7 aliphatic heterocycles. The van der Waals surface area contributed by atoms with Gasteiger partial charge in [-0.25, -0.2) is 63.1 Å². The highest BCUT2D eigenvalue weighted by Crippen LogP contribution is 2.50. The van der Waals surface area contributed by atoms with Crippen LogP contribution in [-0.2, 0) is 82.7 Å². The fraction of sp³-hybridized carbons (Fsp3) is 0.734. The van der Waals surface area contributed by atoms with Crippen LogP contribution in [0.3, 0.4) is 0 Å². The lowest BCUT2D eigenvalue weighted by atomic mass is 10.1. The Balaban J connectivity index is 0.000000151. The molecule has 10 fully saturated rings. The molecule has 672 valence electrons. The minimum Gasteiger partial charge on any atom is -0.443 e. The number of aromatic nitrogens is 9. The summed E-state index contributed by atoms with van der Waals surface area (Å²) in [7, 11) is -11.2. The predicted octanol–water partition coefficient (Wildman–Crippen LogP) is 8.75. The van der Waals surface area contributed by atoms with E-state index in [4.69, 9.17) is 57.2 Å². The van der Waals surface area contributed by atoms with Crippen molar-refractivity contribution in [2.45, 2.75) is 236 Å². The normalized spacial score (nSPS) is 22.9. The number of halogens is 1. The van der Waals surface area contributed by atoms with Gasteiger partial charge < -0.3 is 66.8 Å². The molecule has 42 heteroatoms. The lowest BCUT2D eigenvalue weighted by Crippen LogP contribution is -2.60. The van der Waals surface area contributed by atoms with Crippen LogP contribution in [0.2, 0.25) is 0 Å². The second-order valence-electron chi connectivity index (χ2n) is 35.2. The first kappa shape index (κ1) is 92.1. The monoisotopic (exact) mass is 1820 g/mol. The molecule has 0 radical (unpaired) electrons. The van der Waals surface area contributed by atoms with Crippen molar-refractivity contribution in [3.05, 3.63) is 55.8 Å². The average Bonchev–Trinajstić information content (AvgIpc) is 1.56. The van der Waals surface area contributed by atoms with Crippen LogP contribution < -0.4 is 24.6 Å². The Labute approximate surface area is 717 Å². The molecule has 0 aromatic carbocycles. The Morgan fingerprint density at radius 3 is 1.11 bits per heavy atom. The lowest BCUT2D eigenvalue weighted by molar-refractivity contribution is -0.167. The first-order valence-corrected chi connectivity index (χ1v) is 47.8. The van der Waals surface area contributed by atoms with E-state index >= 15 is 0 Å². The van der Waals surface area contributed by atoms with Gasteiger partial charge in [0.05, 0.1) is 59.2 Å². The van der Waals surface area contributed by atoms with Crippen molar-refractivity contribution in [1.82, 2.24) is 65.5 Å². The van der Waals surface area contributed by atoms with Gasteiger partial charge in [-0.15, -0.1) is 0 Å². The molecule has 3 N–H and O–H groups in total. The number of nitrogens with zero attached hydrogens (tertiary/aromatic N) is 16. The molecule has 121 heavy (non-hydrogen) atoms. The number of hydrogen-bond donors (Lipinski definition) is 2. The summed E-state index contributed by atoms with van der Waals surface area (Å²) in [6.45, 7) is 25.1. The molecule has 3 saturated carbocycles. The fourth-order valence-electron chi connectivity index (χ4n) is 16.2. The standard InChI is InChI=1S/C31H48N6O8S.C24H36N6O6S.C17H24N6O4S.C7H13BrO2/c1-30(2,3)45-29(38)36-13-10-24-27(32-23-33-28(24)36)34-14-15-37(31(22-34)11-12-31)46(39,40)35(16-20-43-25-8-4-6-18-41-25)17-21-44-26-9-5-7-19-42-26;1-23(2,3)36-22(31)29-11-7-18-20(25-17-26-21(18)29)28-12-13-30(24(16-28)8-9-24)37(32,33)27-10-15-35-19-6-4-5-14-34-19;1-16(2,3)27-15(24)22-7-4-12-13(19-11-20-14(12)22)21-8-9-23(28(18,25)26)17(10-21)5-6-17;8-4-6-10-7-3-1-2-5-9-7/h10,13,23,25-26H,4-9,11-12,14-22H2,1-3H3;7,11,17,19,27H,4-6,8-10,12-16H2,1-3H3;4,7,11H,5-6,8-10H2,1-3H3,(H2,18,25,26);7H,1-6H2. The van der Waals surface area contributed by atoms with Gasteiger partial charge in [0.1, 0.15) is 53.2 Å². The second-order valence-corrected chi connectivity index (χ2v) is 41.0. The summed E-state index contributed by atoms with van der Waals surface area (Å²) in [5.74, 6) is 2.03. The lowest BCUT2D eigenvalue weighted by Gasteiger charge is -2.43. The molecule has 3 spiro atoms. The van der Waals surface area contributed by atoms with Gasteiger partial charge in [-0.1, -0.05) is 15.9 Å². The number of rotatable bonds is 23. The van der Waals surface area contributed by atoms with Crippen LogP contribution in [0.25, 0.3) is 33.1 Å². The Kier molecular flexibility index (Phi) is 29.8. The van der Waals surface area contributed by atoms with Gasteiger partial charge >= 0.3 is 18.3 Å². The summed E-state index contributed by atoms with van der Waals surface area (Å²) in [5, 5.41) is 8.44. The summed E-state index contributed by atoms with van der Waals surface area (Å²) >= 11 is 3.30. The molecular formula is C79H121BrN18O20S3. The van der Waals surface area contributed by atoms with Crippen LogP contribution in [0, 0.1) is 0 Å². The maximum Gasteiger partial charge on any atom is 0.420 e. The molecule has 0 amide bonds. The number of nitrogens with one attached hydrogen (secondary N) is 1. The first-order valence-electron chi connectivity index (χ1n) is 42.3. The van der Waals surface area contributed by atoms with Crippen LogP contribution in [0.1, 0.15) is 178 Å². The largest absolute Gasteiger partial charge is 0.443 e. The number of carbonyl (C=O) groups excluding carboxylic acids is 3. The highest BCUT2D eigenvalue weighted by molar-refractivity contribution is 9.09. The van der Waals surface area contributed by atoms with Crippen molar-refractivity contribution in [3.63, 3.8) is 0 Å². The van der Waals surface area contributed by atoms with E-state index in [2.05, 4.69) is 60.4 Å². The molecule has 13 heterocycles. The van der Waals surface area contributed by atoms with Gasteiger partial charge in [-0.2, -0.15) is 47.2 Å². The van der Waals surface area contributed by atoms with Crippen molar-refractivity contribution in [3.8, 4) is 0 Å². The van der Waals surface area contributed by atoms with Gasteiger partial charge in [0.15, 0.2) is 42.1 Å². The summed E-state index contributed by atoms with van der Waals surface area (Å²) in [5.41, 5.74) is -2.00. The van der Waals surface area contributed by atoms with Crippen LogP contribution in [0.5, 0.6) is 0 Å². The number of fused-ring (bicyclic) bond motifs is 3. The fourth-order valence-corrected chi connectivity index (χ4v) is 21.0. The zero-order chi connectivity index (χ0) is 86.2. The molecule has 38 nitrogen and oxygen atoms in total. The maximum atomic E-state index is 14.3. The highest BCUT2D eigenvalue weighted by Gasteiger charge is 2.59. The van der Waals surface area contributed by atoms with Gasteiger partial charge in [-0.05, 0) is 196 Å². The SMILES string of the molecule is BrCCOC1CCCCO1.CC(C)(C)OC(=O)n1ccc2c(N3CCN(S(=O)(=O)N(CCOC4CCCCO4)CCOC4CCCCO4)C4(CC4)C3)ncnc21.CC(C)(C)OC(=O)n1ccc2c(N3CCN(S(=O)(=O)NCCOC4CCCCO4)C4(CC4)C3)ncnc21.CC(C)(C)OC(=O)n1ccc2c(N3CCN(S(N)(=O)=O)C4(CC4)C3)ncnc21. The third kappa shape index (κ3) is 23.6. The number of piperazine rings is 3. The predicted molar refractivity (Wildman–Crippen MR) is 453 cm³/mol. The average molecular weight is 1820 g/mol. The van der Waals surface area contributed by atoms with Crippen LogP contribution in [0.15, 0.2) is 55.8 Å². The van der Waals surface area contributed by atoms with Gasteiger partial charge in [-0.3, -0.25) is 0 Å². The Morgan fingerprint density at radius 2 is 0.785 bits per heavy atom. The van der Waals surface area contributed by atoms with Crippen LogP contribution in [-0.4, -0.2) is 300 Å². The molecule has 3 aliphatic carbocycles. The number of anilines is 3. The number of ether oxygens (including phenoxy) is 11. The van der Waals surface area contributed by atoms with E-state index < -0.39 is 82.3 Å². The molecule has 4 unspecified atom stereocenters. The summed E-state index contributed by atoms with van der Waals surface area (Å²) < 4.78 is 153. The van der Waals surface area contributed by atoms with E-state index in [9.17, 15) is 39.6 Å². The highest BCUT2D eigenvalue weighted by atomic mass is 79.9. The molecule has 6 aromatic heterocycles. The molecule has 16 rings (SSSR count).